The Hall–Kier alpha value is -2.25. The number of anilines is 2. The van der Waals surface area contributed by atoms with Gasteiger partial charge >= 0.3 is 0 Å². The number of piperidine rings is 1. The normalized spacial score (nSPS) is 19.0. The van der Waals surface area contributed by atoms with Gasteiger partial charge in [0.15, 0.2) is 5.79 Å². The summed E-state index contributed by atoms with van der Waals surface area (Å²) < 4.78 is 25.2. The fourth-order valence-corrected chi connectivity index (χ4v) is 3.48. The van der Waals surface area contributed by atoms with Crippen molar-refractivity contribution >= 4 is 11.8 Å². The highest BCUT2D eigenvalue weighted by Crippen LogP contribution is 2.32. The molecule has 2 saturated heterocycles. The molecule has 0 radical (unpaired) electrons. The highest BCUT2D eigenvalue weighted by Gasteiger charge is 2.40. The average molecular weight is 358 g/mol. The maximum absolute atomic E-state index is 13.7. The van der Waals surface area contributed by atoms with Crippen LogP contribution in [-0.2, 0) is 15.9 Å². The summed E-state index contributed by atoms with van der Waals surface area (Å²) in [5.41, 5.74) is 0.689. The van der Waals surface area contributed by atoms with E-state index in [0.717, 1.165) is 31.7 Å². The summed E-state index contributed by atoms with van der Waals surface area (Å²) in [6, 6.07) is 8.73. The average Bonchev–Trinajstić information content (AvgIpc) is 3.12. The van der Waals surface area contributed by atoms with Crippen molar-refractivity contribution in [3.8, 4) is 0 Å². The van der Waals surface area contributed by atoms with Gasteiger partial charge in [0.05, 0.1) is 13.2 Å². The van der Waals surface area contributed by atoms with E-state index in [1.165, 1.54) is 6.07 Å². The van der Waals surface area contributed by atoms with Gasteiger partial charge in [0.2, 0.25) is 5.95 Å². The van der Waals surface area contributed by atoms with Gasteiger partial charge in [-0.1, -0.05) is 18.2 Å². The minimum Gasteiger partial charge on any atom is -0.356 e. The van der Waals surface area contributed by atoms with E-state index in [1.807, 2.05) is 12.1 Å². The number of hydrogen-bond donors (Lipinski definition) is 1. The molecule has 3 heterocycles. The number of aromatic nitrogens is 2. The van der Waals surface area contributed by atoms with E-state index in [4.69, 9.17) is 9.47 Å². The molecule has 1 aromatic heterocycles. The molecule has 0 saturated carbocycles. The fourth-order valence-electron chi connectivity index (χ4n) is 3.48. The fraction of sp³-hybridized carbons (Fsp3) is 0.474. The summed E-state index contributed by atoms with van der Waals surface area (Å²) in [7, 11) is 0. The number of halogens is 1. The first-order valence-electron chi connectivity index (χ1n) is 9.07. The number of nitrogens with one attached hydrogen (secondary N) is 1. The van der Waals surface area contributed by atoms with Crippen LogP contribution in [0.3, 0.4) is 0 Å². The number of rotatable bonds is 5. The molecule has 0 amide bonds. The molecule has 2 aliphatic rings. The minimum absolute atomic E-state index is 0.178. The third kappa shape index (κ3) is 3.78. The summed E-state index contributed by atoms with van der Waals surface area (Å²) in [4.78, 5) is 11.1. The van der Waals surface area contributed by atoms with Crippen LogP contribution in [-0.4, -0.2) is 48.6 Å². The standard InChI is InChI=1S/C19H23FN4O2/c20-16-4-2-1-3-15(16)5-9-21-18-22-10-6-17(23-18)24-11-7-19(8-12-24)25-13-14-26-19/h1-4,6,10H,5,7-9,11-14H2,(H,21,22,23). The van der Waals surface area contributed by atoms with Gasteiger partial charge in [-0.2, -0.15) is 4.98 Å². The summed E-state index contributed by atoms with van der Waals surface area (Å²) in [6.07, 6.45) is 4.02. The first-order valence-corrected chi connectivity index (χ1v) is 9.07. The lowest BCUT2D eigenvalue weighted by Crippen LogP contribution is -2.45. The lowest BCUT2D eigenvalue weighted by Gasteiger charge is -2.38. The second kappa shape index (κ2) is 7.55. The second-order valence-electron chi connectivity index (χ2n) is 6.60. The first-order chi connectivity index (χ1) is 12.7. The molecule has 1 aromatic carbocycles. The number of benzene rings is 1. The lowest BCUT2D eigenvalue weighted by molar-refractivity contribution is -0.169. The number of hydrogen-bond acceptors (Lipinski definition) is 6. The van der Waals surface area contributed by atoms with Gasteiger partial charge in [-0.25, -0.2) is 9.37 Å². The smallest absolute Gasteiger partial charge is 0.224 e. The van der Waals surface area contributed by atoms with Crippen LogP contribution in [0.2, 0.25) is 0 Å². The Morgan fingerprint density at radius 3 is 2.65 bits per heavy atom. The van der Waals surface area contributed by atoms with Crippen molar-refractivity contribution in [3.05, 3.63) is 47.9 Å². The van der Waals surface area contributed by atoms with Crippen molar-refractivity contribution in [2.75, 3.05) is 43.1 Å². The molecule has 7 heteroatoms. The molecule has 6 nitrogen and oxygen atoms in total. The Morgan fingerprint density at radius 2 is 1.88 bits per heavy atom. The Bertz CT molecular complexity index is 742. The lowest BCUT2D eigenvalue weighted by atomic mass is 10.0. The summed E-state index contributed by atoms with van der Waals surface area (Å²) in [5.74, 6) is 0.890. The molecule has 4 rings (SSSR count). The van der Waals surface area contributed by atoms with Gasteiger partial charge < -0.3 is 19.7 Å². The van der Waals surface area contributed by atoms with E-state index < -0.39 is 0 Å². The monoisotopic (exact) mass is 358 g/mol. The predicted molar refractivity (Wildman–Crippen MR) is 96.7 cm³/mol. The molecule has 1 N–H and O–H groups in total. The highest BCUT2D eigenvalue weighted by atomic mass is 19.1. The molecule has 2 fully saturated rings. The summed E-state index contributed by atoms with van der Waals surface area (Å²) in [5, 5.41) is 3.18. The number of nitrogens with zero attached hydrogens (tertiary/aromatic N) is 3. The Morgan fingerprint density at radius 1 is 1.12 bits per heavy atom. The Kier molecular flexibility index (Phi) is 4.99. The largest absolute Gasteiger partial charge is 0.356 e. The first kappa shape index (κ1) is 17.2. The molecule has 2 aromatic rings. The second-order valence-corrected chi connectivity index (χ2v) is 6.60. The van der Waals surface area contributed by atoms with E-state index in [-0.39, 0.29) is 11.6 Å². The van der Waals surface area contributed by atoms with Crippen molar-refractivity contribution in [2.45, 2.75) is 25.0 Å². The van der Waals surface area contributed by atoms with Gasteiger partial charge in [-0.3, -0.25) is 0 Å². The topological polar surface area (TPSA) is 59.5 Å². The molecule has 0 bridgehead atoms. The third-order valence-corrected chi connectivity index (χ3v) is 4.94. The van der Waals surface area contributed by atoms with Crippen LogP contribution < -0.4 is 10.2 Å². The molecular formula is C19H23FN4O2. The van der Waals surface area contributed by atoms with E-state index in [1.54, 1.807) is 18.3 Å². The van der Waals surface area contributed by atoms with Crippen LogP contribution >= 0.6 is 0 Å². The van der Waals surface area contributed by atoms with Gasteiger partial charge in [-0.05, 0) is 24.1 Å². The number of ether oxygens (including phenoxy) is 2. The quantitative estimate of drug-likeness (QED) is 0.887. The molecular weight excluding hydrogens is 335 g/mol. The predicted octanol–water partition coefficient (Wildman–Crippen LogP) is 2.61. The van der Waals surface area contributed by atoms with E-state index in [0.29, 0.717) is 37.7 Å². The maximum atomic E-state index is 13.7. The zero-order chi connectivity index (χ0) is 17.8. The van der Waals surface area contributed by atoms with Gasteiger partial charge in [0.1, 0.15) is 11.6 Å². The molecule has 2 aliphatic heterocycles. The van der Waals surface area contributed by atoms with Crippen LogP contribution in [0.1, 0.15) is 18.4 Å². The van der Waals surface area contributed by atoms with Gasteiger partial charge in [-0.15, -0.1) is 0 Å². The minimum atomic E-state index is -0.385. The zero-order valence-corrected chi connectivity index (χ0v) is 14.7. The van der Waals surface area contributed by atoms with Crippen LogP contribution in [0.4, 0.5) is 16.2 Å². The molecule has 1 spiro atoms. The highest BCUT2D eigenvalue weighted by molar-refractivity contribution is 5.43. The summed E-state index contributed by atoms with van der Waals surface area (Å²) in [6.45, 7) is 3.62. The maximum Gasteiger partial charge on any atom is 0.224 e. The van der Waals surface area contributed by atoms with Crippen molar-refractivity contribution in [1.82, 2.24) is 9.97 Å². The Balaban J connectivity index is 1.33. The molecule has 0 unspecified atom stereocenters. The van der Waals surface area contributed by atoms with Crippen LogP contribution in [0.5, 0.6) is 0 Å². The SMILES string of the molecule is Fc1ccccc1CCNc1nccc(N2CCC3(CC2)OCCO3)n1. The van der Waals surface area contributed by atoms with E-state index >= 15 is 0 Å². The molecule has 0 aliphatic carbocycles. The van der Waals surface area contributed by atoms with Crippen LogP contribution in [0.25, 0.3) is 0 Å². The zero-order valence-electron chi connectivity index (χ0n) is 14.7. The Labute approximate surface area is 152 Å². The van der Waals surface area contributed by atoms with Crippen LogP contribution in [0.15, 0.2) is 36.5 Å². The van der Waals surface area contributed by atoms with Crippen molar-refractivity contribution in [1.29, 1.82) is 0 Å². The molecule has 138 valence electrons. The van der Waals surface area contributed by atoms with Gasteiger partial charge in [0.25, 0.3) is 0 Å². The van der Waals surface area contributed by atoms with Crippen molar-refractivity contribution in [3.63, 3.8) is 0 Å². The third-order valence-electron chi connectivity index (χ3n) is 4.94. The van der Waals surface area contributed by atoms with Crippen LogP contribution in [0, 0.1) is 5.82 Å². The van der Waals surface area contributed by atoms with E-state index in [2.05, 4.69) is 20.2 Å². The van der Waals surface area contributed by atoms with Crippen molar-refractivity contribution < 1.29 is 13.9 Å². The molecule has 26 heavy (non-hydrogen) atoms. The van der Waals surface area contributed by atoms with E-state index in [9.17, 15) is 4.39 Å². The molecule has 0 atom stereocenters. The van der Waals surface area contributed by atoms with Gasteiger partial charge in [0, 0.05) is 38.7 Å². The summed E-state index contributed by atoms with van der Waals surface area (Å²) >= 11 is 0. The van der Waals surface area contributed by atoms with Crippen molar-refractivity contribution in [2.24, 2.45) is 0 Å².